The largest absolute Gasteiger partial charge is 0.497 e. The molecule has 0 spiro atoms. The molecule has 152 valence electrons. The van der Waals surface area contributed by atoms with Crippen LogP contribution in [0.4, 0.5) is 11.4 Å². The van der Waals surface area contributed by atoms with Crippen molar-refractivity contribution >= 4 is 23.2 Å². The van der Waals surface area contributed by atoms with Gasteiger partial charge in [0.1, 0.15) is 5.75 Å². The summed E-state index contributed by atoms with van der Waals surface area (Å²) in [7, 11) is 1.66. The molecule has 2 heterocycles. The van der Waals surface area contributed by atoms with E-state index in [2.05, 4.69) is 17.0 Å². The minimum absolute atomic E-state index is 0.0713. The molecule has 6 nitrogen and oxygen atoms in total. The normalized spacial score (nSPS) is 16.0. The molecule has 2 aromatic rings. The Morgan fingerprint density at radius 2 is 1.69 bits per heavy atom. The molecule has 2 aliphatic heterocycles. The number of carbonyl (C=O) groups excluding carboxylic acids is 2. The molecule has 0 N–H and O–H groups in total. The monoisotopic (exact) mass is 393 g/mol. The zero-order chi connectivity index (χ0) is 20.4. The molecule has 4 rings (SSSR count). The first kappa shape index (κ1) is 19.3. The van der Waals surface area contributed by atoms with Crippen molar-refractivity contribution in [3.05, 3.63) is 53.6 Å². The second-order valence-corrected chi connectivity index (χ2v) is 7.43. The van der Waals surface area contributed by atoms with Crippen LogP contribution in [0.25, 0.3) is 0 Å². The summed E-state index contributed by atoms with van der Waals surface area (Å²) in [5.74, 6) is 1.03. The van der Waals surface area contributed by atoms with Crippen LogP contribution in [0.15, 0.2) is 42.5 Å². The van der Waals surface area contributed by atoms with Gasteiger partial charge < -0.3 is 19.4 Å². The SMILES string of the molecule is CCC(=O)N1CCc2c(C(=O)N3CCN(c4ccc(OC)cc4)CC3)cccc21. The molecule has 0 aliphatic carbocycles. The summed E-state index contributed by atoms with van der Waals surface area (Å²) in [6.07, 6.45) is 1.22. The topological polar surface area (TPSA) is 53.1 Å². The highest BCUT2D eigenvalue weighted by Gasteiger charge is 2.30. The fourth-order valence-corrected chi connectivity index (χ4v) is 4.22. The van der Waals surface area contributed by atoms with Gasteiger partial charge in [-0.25, -0.2) is 0 Å². The zero-order valence-electron chi connectivity index (χ0n) is 17.1. The van der Waals surface area contributed by atoms with E-state index < -0.39 is 0 Å². The number of amides is 2. The molecule has 1 fully saturated rings. The van der Waals surface area contributed by atoms with Crippen LogP contribution in [0.2, 0.25) is 0 Å². The molecule has 29 heavy (non-hydrogen) atoms. The molecule has 2 aliphatic rings. The molecular formula is C23H27N3O3. The molecule has 0 saturated carbocycles. The minimum atomic E-state index is 0.0713. The Kier molecular flexibility index (Phi) is 5.43. The maximum absolute atomic E-state index is 13.2. The number of rotatable bonds is 4. The van der Waals surface area contributed by atoms with Crippen LogP contribution in [-0.4, -0.2) is 56.5 Å². The third kappa shape index (κ3) is 3.67. The fraction of sp³-hybridized carbons (Fsp3) is 0.391. The molecule has 0 unspecified atom stereocenters. The number of hydrogen-bond acceptors (Lipinski definition) is 4. The van der Waals surface area contributed by atoms with E-state index in [9.17, 15) is 9.59 Å². The molecule has 0 bridgehead atoms. The molecule has 2 aromatic carbocycles. The molecular weight excluding hydrogens is 366 g/mol. The molecule has 0 radical (unpaired) electrons. The van der Waals surface area contributed by atoms with E-state index in [0.29, 0.717) is 26.1 Å². The first-order valence-electron chi connectivity index (χ1n) is 10.2. The van der Waals surface area contributed by atoms with Gasteiger partial charge in [0.2, 0.25) is 5.91 Å². The lowest BCUT2D eigenvalue weighted by molar-refractivity contribution is -0.118. The third-order valence-electron chi connectivity index (χ3n) is 5.87. The Morgan fingerprint density at radius 1 is 0.966 bits per heavy atom. The van der Waals surface area contributed by atoms with Crippen molar-refractivity contribution in [3.63, 3.8) is 0 Å². The van der Waals surface area contributed by atoms with Gasteiger partial charge >= 0.3 is 0 Å². The number of fused-ring (bicyclic) bond motifs is 1. The second kappa shape index (κ2) is 8.15. The summed E-state index contributed by atoms with van der Waals surface area (Å²) in [6.45, 7) is 5.51. The van der Waals surface area contributed by atoms with Crippen molar-refractivity contribution in [2.45, 2.75) is 19.8 Å². The predicted molar refractivity (Wildman–Crippen MR) is 114 cm³/mol. The summed E-state index contributed by atoms with van der Waals surface area (Å²) in [4.78, 5) is 31.4. The van der Waals surface area contributed by atoms with Crippen molar-refractivity contribution in [3.8, 4) is 5.75 Å². The number of piperazine rings is 1. The second-order valence-electron chi connectivity index (χ2n) is 7.43. The van der Waals surface area contributed by atoms with Gasteiger partial charge in [0.15, 0.2) is 0 Å². The first-order valence-corrected chi connectivity index (χ1v) is 10.2. The number of carbonyl (C=O) groups is 2. The standard InChI is InChI=1S/C23H27N3O3/c1-3-22(27)26-12-11-19-20(5-4-6-21(19)26)23(28)25-15-13-24(14-16-25)17-7-9-18(29-2)10-8-17/h4-10H,3,11-16H2,1-2H3. The number of anilines is 2. The van der Waals surface area contributed by atoms with Gasteiger partial charge in [0.25, 0.3) is 5.91 Å². The van der Waals surface area contributed by atoms with E-state index in [1.807, 2.05) is 47.1 Å². The highest BCUT2D eigenvalue weighted by Crippen LogP contribution is 2.32. The quantitative estimate of drug-likeness (QED) is 0.802. The van der Waals surface area contributed by atoms with Gasteiger partial charge in [-0.15, -0.1) is 0 Å². The fourth-order valence-electron chi connectivity index (χ4n) is 4.22. The van der Waals surface area contributed by atoms with E-state index in [-0.39, 0.29) is 11.8 Å². The Morgan fingerprint density at radius 3 is 2.34 bits per heavy atom. The van der Waals surface area contributed by atoms with E-state index in [1.54, 1.807) is 7.11 Å². The first-order chi connectivity index (χ1) is 14.1. The van der Waals surface area contributed by atoms with Crippen LogP contribution in [0.5, 0.6) is 5.75 Å². The molecule has 0 atom stereocenters. The molecule has 2 amide bonds. The van der Waals surface area contributed by atoms with Crippen LogP contribution >= 0.6 is 0 Å². The summed E-state index contributed by atoms with van der Waals surface area (Å²) < 4.78 is 5.22. The zero-order valence-corrected chi connectivity index (χ0v) is 17.1. The summed E-state index contributed by atoms with van der Waals surface area (Å²) in [5.41, 5.74) is 3.80. The average Bonchev–Trinajstić information content (AvgIpc) is 3.22. The van der Waals surface area contributed by atoms with Crippen molar-refractivity contribution in [2.75, 3.05) is 49.6 Å². The van der Waals surface area contributed by atoms with Gasteiger partial charge in [-0.1, -0.05) is 13.0 Å². The highest BCUT2D eigenvalue weighted by atomic mass is 16.5. The number of benzene rings is 2. The molecule has 1 saturated heterocycles. The van der Waals surface area contributed by atoms with Gasteiger partial charge in [0, 0.05) is 56.1 Å². The highest BCUT2D eigenvalue weighted by molar-refractivity contribution is 6.01. The Bertz CT molecular complexity index is 902. The lowest BCUT2D eigenvalue weighted by Gasteiger charge is -2.36. The van der Waals surface area contributed by atoms with Gasteiger partial charge in [-0.3, -0.25) is 9.59 Å². The smallest absolute Gasteiger partial charge is 0.254 e. The Balaban J connectivity index is 1.45. The van der Waals surface area contributed by atoms with Crippen molar-refractivity contribution in [1.82, 2.24) is 4.90 Å². The van der Waals surface area contributed by atoms with E-state index in [0.717, 1.165) is 47.8 Å². The summed E-state index contributed by atoms with van der Waals surface area (Å²) in [5, 5.41) is 0. The molecule has 0 aromatic heterocycles. The average molecular weight is 393 g/mol. The number of methoxy groups -OCH3 is 1. The maximum Gasteiger partial charge on any atom is 0.254 e. The number of nitrogens with zero attached hydrogens (tertiary/aromatic N) is 3. The predicted octanol–water partition coefficient (Wildman–Crippen LogP) is 2.96. The van der Waals surface area contributed by atoms with E-state index in [4.69, 9.17) is 4.74 Å². The maximum atomic E-state index is 13.2. The number of ether oxygens (including phenoxy) is 1. The Labute approximate surface area is 171 Å². The Hall–Kier alpha value is -3.02. The van der Waals surface area contributed by atoms with Crippen molar-refractivity contribution < 1.29 is 14.3 Å². The lowest BCUT2D eigenvalue weighted by atomic mass is 10.0. The van der Waals surface area contributed by atoms with Crippen molar-refractivity contribution in [1.29, 1.82) is 0 Å². The van der Waals surface area contributed by atoms with Crippen LogP contribution in [0.3, 0.4) is 0 Å². The summed E-state index contributed by atoms with van der Waals surface area (Å²) >= 11 is 0. The van der Waals surface area contributed by atoms with Gasteiger partial charge in [0.05, 0.1) is 7.11 Å². The van der Waals surface area contributed by atoms with Crippen LogP contribution < -0.4 is 14.5 Å². The lowest BCUT2D eigenvalue weighted by Crippen LogP contribution is -2.49. The van der Waals surface area contributed by atoms with Crippen LogP contribution in [0, 0.1) is 0 Å². The van der Waals surface area contributed by atoms with E-state index >= 15 is 0 Å². The third-order valence-corrected chi connectivity index (χ3v) is 5.87. The molecule has 6 heteroatoms. The van der Waals surface area contributed by atoms with Gasteiger partial charge in [-0.05, 0) is 48.4 Å². The van der Waals surface area contributed by atoms with Gasteiger partial charge in [-0.2, -0.15) is 0 Å². The number of hydrogen-bond donors (Lipinski definition) is 0. The summed E-state index contributed by atoms with van der Waals surface area (Å²) in [6, 6.07) is 13.8. The van der Waals surface area contributed by atoms with Crippen molar-refractivity contribution in [2.24, 2.45) is 0 Å². The van der Waals surface area contributed by atoms with E-state index in [1.165, 1.54) is 0 Å². The van der Waals surface area contributed by atoms with Crippen LogP contribution in [-0.2, 0) is 11.2 Å². The minimum Gasteiger partial charge on any atom is -0.497 e. The van der Waals surface area contributed by atoms with Crippen LogP contribution in [0.1, 0.15) is 29.3 Å².